The summed E-state index contributed by atoms with van der Waals surface area (Å²) in [4.78, 5) is 16.9. The zero-order chi connectivity index (χ0) is 27.3. The van der Waals surface area contributed by atoms with E-state index in [4.69, 9.17) is 5.73 Å². The molecule has 1 atom stereocenters. The highest BCUT2D eigenvalue weighted by atomic mass is 79.9. The van der Waals surface area contributed by atoms with Crippen LogP contribution in [0.15, 0.2) is 58.9 Å². The highest BCUT2D eigenvalue weighted by molar-refractivity contribution is 8.93. The quantitative estimate of drug-likeness (QED) is 0.217. The number of halogens is 2. The van der Waals surface area contributed by atoms with E-state index >= 15 is 0 Å². The molecule has 1 unspecified atom stereocenters. The van der Waals surface area contributed by atoms with Gasteiger partial charge in [0.05, 0.1) is 20.6 Å². The van der Waals surface area contributed by atoms with Gasteiger partial charge in [-0.2, -0.15) is 4.31 Å². The summed E-state index contributed by atoms with van der Waals surface area (Å²) in [5.41, 5.74) is 6.82. The summed E-state index contributed by atoms with van der Waals surface area (Å²) >= 11 is 1.36. The number of thiazole rings is 1. The van der Waals surface area contributed by atoms with Crippen LogP contribution in [0, 0.1) is 11.3 Å². The molecule has 218 valence electrons. The Kier molecular flexibility index (Phi) is 13.7. The second kappa shape index (κ2) is 15.0. The molecule has 1 amide bonds. The SMILES string of the molecule is Br.Br.CC(C)CN(C(O)(CCNC(=O)CC(C)(C)CN)Cc1ccccc1)S(=O)(=O)c1ccc2ncsc2c1. The molecular formula is C27H40Br2N4O4S2. The molecule has 0 saturated heterocycles. The van der Waals surface area contributed by atoms with Gasteiger partial charge < -0.3 is 16.2 Å². The van der Waals surface area contributed by atoms with Crippen molar-refractivity contribution in [3.05, 3.63) is 59.6 Å². The molecule has 12 heteroatoms. The van der Waals surface area contributed by atoms with Crippen LogP contribution in [-0.4, -0.2) is 54.1 Å². The van der Waals surface area contributed by atoms with Gasteiger partial charge in [0, 0.05) is 32.4 Å². The zero-order valence-corrected chi connectivity index (χ0v) is 27.9. The Hall–Kier alpha value is -1.41. The van der Waals surface area contributed by atoms with Crippen LogP contribution in [0.5, 0.6) is 0 Å². The van der Waals surface area contributed by atoms with E-state index in [1.807, 2.05) is 58.0 Å². The minimum Gasteiger partial charge on any atom is -0.374 e. The zero-order valence-electron chi connectivity index (χ0n) is 22.8. The van der Waals surface area contributed by atoms with E-state index in [0.29, 0.717) is 6.54 Å². The molecule has 4 N–H and O–H groups in total. The van der Waals surface area contributed by atoms with Crippen molar-refractivity contribution in [1.29, 1.82) is 0 Å². The van der Waals surface area contributed by atoms with Crippen LogP contribution in [0.25, 0.3) is 10.2 Å². The smallest absolute Gasteiger partial charge is 0.245 e. The number of nitrogens with zero attached hydrogens (tertiary/aromatic N) is 2. The largest absolute Gasteiger partial charge is 0.374 e. The predicted molar refractivity (Wildman–Crippen MR) is 169 cm³/mol. The number of nitrogens with one attached hydrogen (secondary N) is 1. The van der Waals surface area contributed by atoms with E-state index in [9.17, 15) is 18.3 Å². The third kappa shape index (κ3) is 9.58. The van der Waals surface area contributed by atoms with Crippen LogP contribution in [0.1, 0.15) is 46.1 Å². The van der Waals surface area contributed by atoms with Crippen LogP contribution in [0.4, 0.5) is 0 Å². The first-order valence-electron chi connectivity index (χ1n) is 12.5. The standard InChI is InChI=1S/C27H38N4O4S2.2BrH/c1-20(2)17-31(37(34,35)22-10-11-23-24(14-22)36-19-30-23)27(33,15-21-8-6-5-7-9-21)12-13-29-25(32)16-26(3,4)18-28;;/h5-11,14,19-20,33H,12-13,15-18,28H2,1-4H3,(H,29,32);2*1H. The Balaban J connectivity index is 0.00000380. The maximum absolute atomic E-state index is 14.0. The first-order valence-corrected chi connectivity index (χ1v) is 14.8. The van der Waals surface area contributed by atoms with E-state index in [0.717, 1.165) is 15.8 Å². The van der Waals surface area contributed by atoms with Gasteiger partial charge in [0.1, 0.15) is 5.72 Å². The number of benzene rings is 2. The van der Waals surface area contributed by atoms with Crippen LogP contribution in [0.2, 0.25) is 0 Å². The molecule has 39 heavy (non-hydrogen) atoms. The number of hydrogen-bond acceptors (Lipinski definition) is 7. The number of amides is 1. The van der Waals surface area contributed by atoms with Crippen molar-refractivity contribution in [2.45, 2.75) is 57.6 Å². The lowest BCUT2D eigenvalue weighted by Gasteiger charge is -2.40. The summed E-state index contributed by atoms with van der Waals surface area (Å²) in [7, 11) is -4.09. The summed E-state index contributed by atoms with van der Waals surface area (Å²) in [5.74, 6) is -0.240. The molecule has 0 fully saturated rings. The fraction of sp³-hybridized carbons (Fsp3) is 0.481. The molecule has 0 aliphatic carbocycles. The topological polar surface area (TPSA) is 126 Å². The molecule has 0 radical (unpaired) electrons. The molecule has 1 heterocycles. The summed E-state index contributed by atoms with van der Waals surface area (Å²) < 4.78 is 30.0. The van der Waals surface area contributed by atoms with E-state index in [-0.39, 0.29) is 88.5 Å². The molecule has 0 saturated carbocycles. The van der Waals surface area contributed by atoms with Crippen molar-refractivity contribution >= 4 is 71.4 Å². The lowest BCUT2D eigenvalue weighted by Crippen LogP contribution is -2.55. The van der Waals surface area contributed by atoms with Crippen molar-refractivity contribution in [3.8, 4) is 0 Å². The third-order valence-corrected chi connectivity index (χ3v) is 8.97. The van der Waals surface area contributed by atoms with Gasteiger partial charge in [-0.15, -0.1) is 45.3 Å². The predicted octanol–water partition coefficient (Wildman–Crippen LogP) is 4.91. The van der Waals surface area contributed by atoms with Crippen molar-refractivity contribution < 1.29 is 18.3 Å². The third-order valence-electron chi connectivity index (χ3n) is 6.26. The van der Waals surface area contributed by atoms with Crippen molar-refractivity contribution in [3.63, 3.8) is 0 Å². The molecule has 0 aliphatic heterocycles. The van der Waals surface area contributed by atoms with Crippen molar-refractivity contribution in [1.82, 2.24) is 14.6 Å². The van der Waals surface area contributed by atoms with Gasteiger partial charge in [-0.1, -0.05) is 58.0 Å². The minimum absolute atomic E-state index is 0. The number of hydrogen-bond donors (Lipinski definition) is 3. The Bertz CT molecular complexity index is 1300. The lowest BCUT2D eigenvalue weighted by molar-refractivity contribution is -0.123. The normalized spacial score (nSPS) is 13.5. The maximum atomic E-state index is 14.0. The van der Waals surface area contributed by atoms with Crippen LogP contribution in [0.3, 0.4) is 0 Å². The molecular weight excluding hydrogens is 668 g/mol. The number of carbonyl (C=O) groups excluding carboxylic acids is 1. The maximum Gasteiger partial charge on any atom is 0.245 e. The van der Waals surface area contributed by atoms with Crippen LogP contribution < -0.4 is 11.1 Å². The number of rotatable bonds is 13. The van der Waals surface area contributed by atoms with E-state index in [1.165, 1.54) is 21.7 Å². The van der Waals surface area contributed by atoms with Gasteiger partial charge >= 0.3 is 0 Å². The average molecular weight is 709 g/mol. The molecule has 0 aliphatic rings. The van der Waals surface area contributed by atoms with Gasteiger partial charge in [-0.05, 0) is 41.6 Å². The van der Waals surface area contributed by atoms with Gasteiger partial charge in [0.2, 0.25) is 15.9 Å². The van der Waals surface area contributed by atoms with E-state index in [2.05, 4.69) is 10.3 Å². The number of fused-ring (bicyclic) bond motifs is 1. The second-order valence-corrected chi connectivity index (χ2v) is 13.5. The van der Waals surface area contributed by atoms with Crippen LogP contribution >= 0.6 is 45.3 Å². The molecule has 3 rings (SSSR count). The highest BCUT2D eigenvalue weighted by Gasteiger charge is 2.43. The fourth-order valence-corrected chi connectivity index (χ4v) is 6.79. The minimum atomic E-state index is -4.09. The van der Waals surface area contributed by atoms with Crippen molar-refractivity contribution in [2.24, 2.45) is 17.1 Å². The average Bonchev–Trinajstić information content (AvgIpc) is 3.31. The summed E-state index contributed by atoms with van der Waals surface area (Å²) in [6.07, 6.45) is 0.335. The Morgan fingerprint density at radius 1 is 1.15 bits per heavy atom. The first-order chi connectivity index (χ1) is 17.4. The number of carbonyl (C=O) groups is 1. The summed E-state index contributed by atoms with van der Waals surface area (Å²) in [6, 6.07) is 14.1. The molecule has 2 aromatic carbocycles. The highest BCUT2D eigenvalue weighted by Crippen LogP contribution is 2.32. The van der Waals surface area contributed by atoms with E-state index < -0.39 is 15.7 Å². The first kappa shape index (κ1) is 35.6. The van der Waals surface area contributed by atoms with Crippen molar-refractivity contribution in [2.75, 3.05) is 19.6 Å². The van der Waals surface area contributed by atoms with Crippen LogP contribution in [-0.2, 0) is 21.2 Å². The molecule has 0 spiro atoms. The van der Waals surface area contributed by atoms with Gasteiger partial charge in [0.15, 0.2) is 0 Å². The lowest BCUT2D eigenvalue weighted by atomic mass is 9.89. The number of nitrogens with two attached hydrogens (primary N) is 1. The molecule has 0 bridgehead atoms. The van der Waals surface area contributed by atoms with Gasteiger partial charge in [0.25, 0.3) is 0 Å². The summed E-state index contributed by atoms with van der Waals surface area (Å²) in [5, 5.41) is 15.0. The van der Waals surface area contributed by atoms with Gasteiger partial charge in [-0.3, -0.25) is 4.79 Å². The number of sulfonamides is 1. The second-order valence-electron chi connectivity index (χ2n) is 10.7. The molecule has 1 aromatic heterocycles. The Labute approximate surface area is 257 Å². The number of aromatic nitrogens is 1. The monoisotopic (exact) mass is 706 g/mol. The van der Waals surface area contributed by atoms with Gasteiger partial charge in [-0.25, -0.2) is 13.4 Å². The number of aliphatic hydroxyl groups is 1. The van der Waals surface area contributed by atoms with E-state index in [1.54, 1.807) is 17.6 Å². The Morgan fingerprint density at radius 2 is 1.82 bits per heavy atom. The molecule has 8 nitrogen and oxygen atoms in total. The summed E-state index contributed by atoms with van der Waals surface area (Å²) in [6.45, 7) is 8.23. The molecule has 3 aromatic rings. The fourth-order valence-electron chi connectivity index (χ4n) is 4.14. The Morgan fingerprint density at radius 3 is 2.44 bits per heavy atom.